The van der Waals surface area contributed by atoms with E-state index in [2.05, 4.69) is 51.1 Å². The van der Waals surface area contributed by atoms with Crippen molar-refractivity contribution in [2.45, 2.75) is 65.7 Å². The Bertz CT molecular complexity index is 455. The van der Waals surface area contributed by atoms with Crippen molar-refractivity contribution >= 4 is 5.78 Å². The topological polar surface area (TPSA) is 17.1 Å². The fourth-order valence-corrected chi connectivity index (χ4v) is 2.31. The molecule has 0 bridgehead atoms. The molecule has 1 rings (SSSR count). The van der Waals surface area contributed by atoms with E-state index in [-0.39, 0.29) is 0 Å². The lowest BCUT2D eigenvalue weighted by Gasteiger charge is -2.07. The molecular formula is C19H28O. The molecule has 0 aliphatic heterocycles. The second-order valence-corrected chi connectivity index (χ2v) is 6.04. The van der Waals surface area contributed by atoms with E-state index in [0.717, 1.165) is 25.7 Å². The largest absolute Gasteiger partial charge is 0.300 e. The maximum atomic E-state index is 10.9. The lowest BCUT2D eigenvalue weighted by atomic mass is 9.98. The van der Waals surface area contributed by atoms with Crippen LogP contribution in [0, 0.1) is 0 Å². The third-order valence-electron chi connectivity index (χ3n) is 3.64. The number of hydrogen-bond donors (Lipinski definition) is 0. The van der Waals surface area contributed by atoms with Crippen LogP contribution in [-0.4, -0.2) is 5.78 Å². The monoisotopic (exact) mass is 272 g/mol. The average Bonchev–Trinajstić information content (AvgIpc) is 2.38. The van der Waals surface area contributed by atoms with E-state index in [9.17, 15) is 4.79 Å². The van der Waals surface area contributed by atoms with E-state index < -0.39 is 0 Å². The summed E-state index contributed by atoms with van der Waals surface area (Å²) < 4.78 is 0. The standard InChI is InChI=1S/C19H28O/c1-15(2)19-13-7-12-18(14-19)11-6-9-16(3)8-5-10-17(4)20/h7,9,12-15H,5-6,8,10-11H2,1-4H3. The molecule has 0 heterocycles. The molecule has 1 aromatic carbocycles. The van der Waals surface area contributed by atoms with Gasteiger partial charge in [-0.2, -0.15) is 0 Å². The van der Waals surface area contributed by atoms with Gasteiger partial charge in [-0.15, -0.1) is 0 Å². The molecule has 0 saturated carbocycles. The van der Waals surface area contributed by atoms with Crippen molar-refractivity contribution in [1.29, 1.82) is 0 Å². The smallest absolute Gasteiger partial charge is 0.129 e. The highest BCUT2D eigenvalue weighted by atomic mass is 16.1. The van der Waals surface area contributed by atoms with E-state index in [4.69, 9.17) is 0 Å². The van der Waals surface area contributed by atoms with Gasteiger partial charge in [0.1, 0.15) is 5.78 Å². The Morgan fingerprint density at radius 2 is 1.95 bits per heavy atom. The van der Waals surface area contributed by atoms with Gasteiger partial charge in [0, 0.05) is 6.42 Å². The fourth-order valence-electron chi connectivity index (χ4n) is 2.31. The lowest BCUT2D eigenvalue weighted by molar-refractivity contribution is -0.117. The van der Waals surface area contributed by atoms with Gasteiger partial charge in [0.15, 0.2) is 0 Å². The minimum atomic E-state index is 0.295. The predicted octanol–water partition coefficient (Wildman–Crippen LogP) is 5.45. The van der Waals surface area contributed by atoms with E-state index in [1.165, 1.54) is 16.7 Å². The number of aryl methyl sites for hydroxylation is 1. The molecule has 0 saturated heterocycles. The van der Waals surface area contributed by atoms with Crippen LogP contribution < -0.4 is 0 Å². The van der Waals surface area contributed by atoms with Crippen molar-refractivity contribution in [1.82, 2.24) is 0 Å². The van der Waals surface area contributed by atoms with Crippen LogP contribution in [0.1, 0.15) is 70.4 Å². The Morgan fingerprint density at radius 1 is 1.20 bits per heavy atom. The summed E-state index contributed by atoms with van der Waals surface area (Å²) >= 11 is 0. The predicted molar refractivity (Wildman–Crippen MR) is 87.1 cm³/mol. The summed E-state index contributed by atoms with van der Waals surface area (Å²) in [5.74, 6) is 0.891. The number of carbonyl (C=O) groups excluding carboxylic acids is 1. The first-order valence-electron chi connectivity index (χ1n) is 7.73. The number of hydrogen-bond acceptors (Lipinski definition) is 1. The van der Waals surface area contributed by atoms with Gasteiger partial charge >= 0.3 is 0 Å². The number of rotatable bonds is 8. The summed E-state index contributed by atoms with van der Waals surface area (Å²) in [7, 11) is 0. The molecule has 110 valence electrons. The van der Waals surface area contributed by atoms with Crippen LogP contribution in [0.2, 0.25) is 0 Å². The van der Waals surface area contributed by atoms with Crippen molar-refractivity contribution in [3.63, 3.8) is 0 Å². The second-order valence-electron chi connectivity index (χ2n) is 6.04. The van der Waals surface area contributed by atoms with Gasteiger partial charge in [-0.05, 0) is 56.6 Å². The van der Waals surface area contributed by atoms with Crippen LogP contribution >= 0.6 is 0 Å². The average molecular weight is 272 g/mol. The molecule has 0 unspecified atom stereocenters. The van der Waals surface area contributed by atoms with Crippen LogP contribution in [0.5, 0.6) is 0 Å². The molecule has 1 nitrogen and oxygen atoms in total. The first-order chi connectivity index (χ1) is 9.49. The van der Waals surface area contributed by atoms with Crippen molar-refractivity contribution in [3.8, 4) is 0 Å². The summed E-state index contributed by atoms with van der Waals surface area (Å²) in [5, 5.41) is 0. The number of ketones is 1. The van der Waals surface area contributed by atoms with Crippen LogP contribution in [0.4, 0.5) is 0 Å². The second kappa shape index (κ2) is 8.73. The summed E-state index contributed by atoms with van der Waals surface area (Å²) in [5.41, 5.74) is 4.25. The molecule has 0 aliphatic rings. The SMILES string of the molecule is CC(=O)CCCC(C)=CCCc1cccc(C(C)C)c1. The molecular weight excluding hydrogens is 244 g/mol. The highest BCUT2D eigenvalue weighted by Crippen LogP contribution is 2.17. The van der Waals surface area contributed by atoms with Crippen molar-refractivity contribution in [2.75, 3.05) is 0 Å². The summed E-state index contributed by atoms with van der Waals surface area (Å²) in [4.78, 5) is 10.9. The Kier molecular flexibility index (Phi) is 7.28. The van der Waals surface area contributed by atoms with Crippen LogP contribution in [0.15, 0.2) is 35.9 Å². The Balaban J connectivity index is 2.39. The number of allylic oxidation sites excluding steroid dienone is 2. The van der Waals surface area contributed by atoms with Gasteiger partial charge in [-0.25, -0.2) is 0 Å². The summed E-state index contributed by atoms with van der Waals surface area (Å²) in [6.45, 7) is 8.31. The fraction of sp³-hybridized carbons (Fsp3) is 0.526. The molecule has 0 aliphatic carbocycles. The highest BCUT2D eigenvalue weighted by Gasteiger charge is 2.00. The zero-order chi connectivity index (χ0) is 15.0. The first kappa shape index (κ1) is 16.7. The molecule has 1 aromatic rings. The highest BCUT2D eigenvalue weighted by molar-refractivity contribution is 5.75. The van der Waals surface area contributed by atoms with Gasteiger partial charge in [0.25, 0.3) is 0 Å². The number of carbonyl (C=O) groups is 1. The minimum absolute atomic E-state index is 0.295. The van der Waals surface area contributed by atoms with Gasteiger partial charge in [-0.3, -0.25) is 0 Å². The van der Waals surface area contributed by atoms with Crippen molar-refractivity contribution in [2.24, 2.45) is 0 Å². The van der Waals surface area contributed by atoms with E-state index in [1.54, 1.807) is 6.92 Å². The maximum absolute atomic E-state index is 10.9. The van der Waals surface area contributed by atoms with Crippen LogP contribution in [0.25, 0.3) is 0 Å². The normalized spacial score (nSPS) is 11.9. The zero-order valence-electron chi connectivity index (χ0n) is 13.4. The molecule has 1 heteroatoms. The molecule has 0 aromatic heterocycles. The number of Topliss-reactive ketones (excluding diaryl/α,β-unsaturated/α-hetero) is 1. The van der Waals surface area contributed by atoms with Crippen LogP contribution in [0.3, 0.4) is 0 Å². The zero-order valence-corrected chi connectivity index (χ0v) is 13.4. The van der Waals surface area contributed by atoms with E-state index in [0.29, 0.717) is 18.1 Å². The molecule has 0 spiro atoms. The van der Waals surface area contributed by atoms with Crippen molar-refractivity contribution in [3.05, 3.63) is 47.0 Å². The lowest BCUT2D eigenvalue weighted by Crippen LogP contribution is -1.91. The molecule has 0 amide bonds. The van der Waals surface area contributed by atoms with Gasteiger partial charge in [0.05, 0.1) is 0 Å². The third-order valence-corrected chi connectivity index (χ3v) is 3.64. The summed E-state index contributed by atoms with van der Waals surface area (Å²) in [6.07, 6.45) is 7.26. The van der Waals surface area contributed by atoms with Crippen molar-refractivity contribution < 1.29 is 4.79 Å². The van der Waals surface area contributed by atoms with Gasteiger partial charge in [0.2, 0.25) is 0 Å². The molecule has 0 radical (unpaired) electrons. The maximum Gasteiger partial charge on any atom is 0.129 e. The van der Waals surface area contributed by atoms with Crippen LogP contribution in [-0.2, 0) is 11.2 Å². The summed E-state index contributed by atoms with van der Waals surface area (Å²) in [6, 6.07) is 8.90. The molecule has 0 atom stereocenters. The van der Waals surface area contributed by atoms with E-state index in [1.807, 2.05) is 0 Å². The Labute approximate surface area is 124 Å². The van der Waals surface area contributed by atoms with E-state index >= 15 is 0 Å². The van der Waals surface area contributed by atoms with Gasteiger partial charge in [-0.1, -0.05) is 49.8 Å². The van der Waals surface area contributed by atoms with Gasteiger partial charge < -0.3 is 4.79 Å². The number of benzene rings is 1. The minimum Gasteiger partial charge on any atom is -0.300 e. The molecule has 20 heavy (non-hydrogen) atoms. The third kappa shape index (κ3) is 6.70. The quantitative estimate of drug-likeness (QED) is 0.575. The Morgan fingerprint density at radius 3 is 2.60 bits per heavy atom. The molecule has 0 fully saturated rings. The Hall–Kier alpha value is -1.37. The first-order valence-corrected chi connectivity index (χ1v) is 7.73. The molecule has 0 N–H and O–H groups in total.